The summed E-state index contributed by atoms with van der Waals surface area (Å²) in [4.78, 5) is 42.8. The van der Waals surface area contributed by atoms with Crippen molar-refractivity contribution in [2.45, 2.75) is 56.5 Å². The van der Waals surface area contributed by atoms with E-state index in [0.717, 1.165) is 18.4 Å². The molecule has 0 spiro atoms. The van der Waals surface area contributed by atoms with Crippen molar-refractivity contribution in [3.8, 4) is 0 Å². The van der Waals surface area contributed by atoms with E-state index in [-0.39, 0.29) is 11.3 Å². The fraction of sp³-hybridized carbons (Fsp3) is 0.417. The molecule has 2 heterocycles. The number of benzene rings is 1. The maximum absolute atomic E-state index is 13.2. The van der Waals surface area contributed by atoms with Crippen LogP contribution >= 0.6 is 0 Å². The van der Waals surface area contributed by atoms with Crippen LogP contribution in [-0.2, 0) is 37.2 Å². The monoisotopic (exact) mass is 486 g/mol. The number of sulfonamides is 1. The summed E-state index contributed by atoms with van der Waals surface area (Å²) in [5.41, 5.74) is 1.72. The van der Waals surface area contributed by atoms with Crippen molar-refractivity contribution >= 4 is 27.6 Å². The number of rotatable bonds is 6. The Morgan fingerprint density at radius 2 is 1.79 bits per heavy atom. The molecule has 34 heavy (non-hydrogen) atoms. The van der Waals surface area contributed by atoms with Crippen LogP contribution in [0.4, 0.5) is 0 Å². The quantitative estimate of drug-likeness (QED) is 0.524. The zero-order valence-corrected chi connectivity index (χ0v) is 20.1. The summed E-state index contributed by atoms with van der Waals surface area (Å²) >= 11 is 0. The van der Waals surface area contributed by atoms with Gasteiger partial charge in [0, 0.05) is 25.4 Å². The van der Waals surface area contributed by atoms with Crippen molar-refractivity contribution in [3.63, 3.8) is 0 Å². The minimum absolute atomic E-state index is 0.0257. The molecule has 3 rings (SSSR count). The molecule has 2 atom stereocenters. The van der Waals surface area contributed by atoms with Gasteiger partial charge in [0.05, 0.1) is 4.90 Å². The van der Waals surface area contributed by atoms with Gasteiger partial charge >= 0.3 is 0 Å². The molecule has 1 aliphatic rings. The minimum Gasteiger partial charge on any atom is -0.349 e. The van der Waals surface area contributed by atoms with Crippen LogP contribution in [0.3, 0.4) is 0 Å². The largest absolute Gasteiger partial charge is 0.349 e. The smallest absolute Gasteiger partial charge is 0.289 e. The van der Waals surface area contributed by atoms with Crippen LogP contribution in [0.15, 0.2) is 53.7 Å². The van der Waals surface area contributed by atoms with Gasteiger partial charge in [-0.3, -0.25) is 19.4 Å². The number of Topliss-reactive ketones (excluding diaryl/α,β-unsaturated/α-hetero) is 1. The molecule has 2 amide bonds. The first-order chi connectivity index (χ1) is 16.2. The third kappa shape index (κ3) is 6.71. The molecule has 0 fully saturated rings. The predicted octanol–water partition coefficient (Wildman–Crippen LogP) is 1.13. The van der Waals surface area contributed by atoms with E-state index in [1.165, 1.54) is 12.1 Å². The first-order valence-corrected chi connectivity index (χ1v) is 12.8. The number of aromatic nitrogens is 1. The van der Waals surface area contributed by atoms with Crippen molar-refractivity contribution in [3.05, 3.63) is 59.9 Å². The molecule has 0 aliphatic carbocycles. The third-order valence-corrected chi connectivity index (χ3v) is 7.07. The Balaban J connectivity index is 1.84. The van der Waals surface area contributed by atoms with Gasteiger partial charge in [-0.05, 0) is 48.4 Å². The van der Waals surface area contributed by atoms with Gasteiger partial charge < -0.3 is 10.6 Å². The van der Waals surface area contributed by atoms with Crippen LogP contribution in [0.1, 0.15) is 37.8 Å². The first kappa shape index (κ1) is 25.5. The van der Waals surface area contributed by atoms with Crippen LogP contribution in [0.5, 0.6) is 0 Å². The molecule has 1 aromatic heterocycles. The molecule has 2 unspecified atom stereocenters. The normalized spacial score (nSPS) is 18.4. The number of hydrogen-bond acceptors (Lipinski definition) is 6. The molecule has 3 N–H and O–H groups in total. The molecule has 10 heteroatoms. The number of amides is 2. The number of carbonyl (C=O) groups is 3. The molecule has 0 radical (unpaired) electrons. The molecule has 1 aliphatic heterocycles. The van der Waals surface area contributed by atoms with E-state index in [4.69, 9.17) is 0 Å². The first-order valence-electron chi connectivity index (χ1n) is 11.3. The maximum atomic E-state index is 13.2. The van der Waals surface area contributed by atoms with Crippen molar-refractivity contribution in [1.29, 1.82) is 0 Å². The molecular formula is C24H30N4O5S. The maximum Gasteiger partial charge on any atom is 0.289 e. The lowest BCUT2D eigenvalue weighted by Gasteiger charge is -2.25. The van der Waals surface area contributed by atoms with Gasteiger partial charge in [-0.15, -0.1) is 0 Å². The number of aryl methyl sites for hydroxylation is 1. The van der Waals surface area contributed by atoms with Crippen molar-refractivity contribution < 1.29 is 22.8 Å². The van der Waals surface area contributed by atoms with E-state index in [2.05, 4.69) is 20.3 Å². The summed E-state index contributed by atoms with van der Waals surface area (Å²) in [6.07, 6.45) is 5.76. The SMILES string of the molecule is CC(C)C(NS(=O)(=O)c1ccccc1)C(=O)NC1Cc2cncc(c2)CCCCNC(=O)C1=O. The summed E-state index contributed by atoms with van der Waals surface area (Å²) in [5.74, 6) is -2.66. The Bertz CT molecular complexity index is 1140. The van der Waals surface area contributed by atoms with E-state index in [1.54, 1.807) is 44.4 Å². The van der Waals surface area contributed by atoms with Gasteiger partial charge in [0.25, 0.3) is 5.91 Å². The lowest BCUT2D eigenvalue weighted by atomic mass is 9.98. The van der Waals surface area contributed by atoms with E-state index in [0.29, 0.717) is 18.5 Å². The second kappa shape index (κ2) is 11.3. The lowest BCUT2D eigenvalue weighted by molar-refractivity contribution is -0.140. The highest BCUT2D eigenvalue weighted by Crippen LogP contribution is 2.14. The van der Waals surface area contributed by atoms with Crippen molar-refractivity contribution in [2.24, 2.45) is 5.92 Å². The number of fused-ring (bicyclic) bond motifs is 2. The molecule has 182 valence electrons. The van der Waals surface area contributed by atoms with Crippen LogP contribution in [0, 0.1) is 5.92 Å². The Labute approximate surface area is 199 Å². The number of ketones is 1. The third-order valence-electron chi connectivity index (χ3n) is 5.61. The van der Waals surface area contributed by atoms with Gasteiger partial charge in [0.15, 0.2) is 0 Å². The van der Waals surface area contributed by atoms with Crippen molar-refractivity contribution in [1.82, 2.24) is 20.3 Å². The number of pyridine rings is 1. The zero-order chi connectivity index (χ0) is 24.7. The fourth-order valence-electron chi connectivity index (χ4n) is 3.72. The van der Waals surface area contributed by atoms with E-state index >= 15 is 0 Å². The van der Waals surface area contributed by atoms with Gasteiger partial charge in [-0.2, -0.15) is 4.72 Å². The standard InChI is InChI=1S/C24H30N4O5S/c1-16(2)21(28-34(32,33)19-9-4-3-5-10-19)23(30)27-20-13-18-12-17(14-25-15-18)8-6-7-11-26-24(31)22(20)29/h3-5,9-10,12,14-16,20-21,28H,6-8,11,13H2,1-2H3,(H,26,31)(H,27,30). The Morgan fingerprint density at radius 3 is 2.50 bits per heavy atom. The average Bonchev–Trinajstić information content (AvgIpc) is 2.81. The number of hydrogen-bond donors (Lipinski definition) is 3. The molecule has 1 aromatic carbocycles. The number of nitrogens with zero attached hydrogens (tertiary/aromatic N) is 1. The summed E-state index contributed by atoms with van der Waals surface area (Å²) in [6, 6.07) is 7.33. The highest BCUT2D eigenvalue weighted by Gasteiger charge is 2.33. The average molecular weight is 487 g/mol. The molecule has 2 aromatic rings. The van der Waals surface area contributed by atoms with Crippen LogP contribution in [0.25, 0.3) is 0 Å². The summed E-state index contributed by atoms with van der Waals surface area (Å²) in [5, 5.41) is 5.22. The van der Waals surface area contributed by atoms with E-state index in [9.17, 15) is 22.8 Å². The molecule has 0 saturated heterocycles. The molecule has 9 nitrogen and oxygen atoms in total. The van der Waals surface area contributed by atoms with Gasteiger partial charge in [0.1, 0.15) is 12.1 Å². The second-order valence-electron chi connectivity index (χ2n) is 8.70. The number of nitrogens with one attached hydrogen (secondary N) is 3. The topological polar surface area (TPSA) is 134 Å². The van der Waals surface area contributed by atoms with Crippen LogP contribution in [0.2, 0.25) is 0 Å². The van der Waals surface area contributed by atoms with Gasteiger partial charge in [-0.1, -0.05) is 38.1 Å². The van der Waals surface area contributed by atoms with Crippen molar-refractivity contribution in [2.75, 3.05) is 6.54 Å². The Kier molecular flexibility index (Phi) is 8.51. The molecule has 2 bridgehead atoms. The Morgan fingerprint density at radius 1 is 1.09 bits per heavy atom. The lowest BCUT2D eigenvalue weighted by Crippen LogP contribution is -2.56. The predicted molar refractivity (Wildman–Crippen MR) is 126 cm³/mol. The van der Waals surface area contributed by atoms with Gasteiger partial charge in [-0.25, -0.2) is 8.42 Å². The fourth-order valence-corrected chi connectivity index (χ4v) is 5.09. The van der Waals surface area contributed by atoms with Crippen LogP contribution in [-0.4, -0.2) is 49.6 Å². The highest BCUT2D eigenvalue weighted by atomic mass is 32.2. The van der Waals surface area contributed by atoms with E-state index in [1.807, 2.05) is 6.07 Å². The summed E-state index contributed by atoms with van der Waals surface area (Å²) in [6.45, 7) is 3.74. The van der Waals surface area contributed by atoms with Crippen LogP contribution < -0.4 is 15.4 Å². The highest BCUT2D eigenvalue weighted by molar-refractivity contribution is 7.89. The second-order valence-corrected chi connectivity index (χ2v) is 10.4. The summed E-state index contributed by atoms with van der Waals surface area (Å²) < 4.78 is 28.0. The minimum atomic E-state index is -3.98. The zero-order valence-electron chi connectivity index (χ0n) is 19.3. The van der Waals surface area contributed by atoms with E-state index < -0.39 is 45.6 Å². The molecular weight excluding hydrogens is 456 g/mol. The molecule has 0 saturated carbocycles. The number of carbonyl (C=O) groups excluding carboxylic acids is 3. The van der Waals surface area contributed by atoms with Gasteiger partial charge in [0.2, 0.25) is 21.7 Å². The Hall–Kier alpha value is -3.11. The summed E-state index contributed by atoms with van der Waals surface area (Å²) in [7, 11) is -3.98.